The molecule has 2 rings (SSSR count). The maximum absolute atomic E-state index is 12.1. The number of β-amino-alcohol motifs (C(OH)–C–C–N with tert-alkyl or cyclic N) is 1. The van der Waals surface area contributed by atoms with Gasteiger partial charge in [0.1, 0.15) is 5.75 Å². The summed E-state index contributed by atoms with van der Waals surface area (Å²) >= 11 is 0. The number of hydrogen-bond donors (Lipinski definition) is 3. The fourth-order valence-corrected chi connectivity index (χ4v) is 3.18. The molecule has 140 valence electrons. The Morgan fingerprint density at radius 2 is 1.84 bits per heavy atom. The van der Waals surface area contributed by atoms with Crippen LogP contribution >= 0.6 is 0 Å². The third-order valence-electron chi connectivity index (χ3n) is 3.81. The zero-order valence-corrected chi connectivity index (χ0v) is 14.4. The van der Waals surface area contributed by atoms with Crippen LogP contribution in [0.25, 0.3) is 0 Å². The van der Waals surface area contributed by atoms with Crippen LogP contribution in [0.3, 0.4) is 0 Å². The maximum Gasteiger partial charge on any atom is 0.267 e. The largest absolute Gasteiger partial charge is 0.504 e. The molecule has 1 aromatic rings. The minimum absolute atomic E-state index is 0.0343. The molecule has 1 fully saturated rings. The van der Waals surface area contributed by atoms with Gasteiger partial charge in [-0.15, -0.1) is 0 Å². The zero-order valence-electron chi connectivity index (χ0n) is 13.6. The number of benzene rings is 1. The topological polar surface area (TPSA) is 128 Å². The van der Waals surface area contributed by atoms with Crippen molar-refractivity contribution in [1.29, 1.82) is 0 Å². The monoisotopic (exact) mass is 374 g/mol. The summed E-state index contributed by atoms with van der Waals surface area (Å²) in [5, 5.41) is 19.2. The molecule has 0 aromatic heterocycles. The molecule has 0 saturated carbocycles. The van der Waals surface area contributed by atoms with Crippen molar-refractivity contribution in [2.24, 2.45) is 0 Å². The van der Waals surface area contributed by atoms with Gasteiger partial charge in [-0.2, -0.15) is 8.42 Å². The van der Waals surface area contributed by atoms with Gasteiger partial charge >= 0.3 is 0 Å². The number of para-hydroxylation sites is 2. The van der Waals surface area contributed by atoms with E-state index in [0.717, 1.165) is 0 Å². The van der Waals surface area contributed by atoms with Crippen LogP contribution in [0.5, 0.6) is 11.5 Å². The first kappa shape index (κ1) is 19.4. The molecule has 1 aromatic carbocycles. The third-order valence-corrected chi connectivity index (χ3v) is 4.62. The van der Waals surface area contributed by atoms with E-state index in [1.54, 1.807) is 23.1 Å². The predicted molar refractivity (Wildman–Crippen MR) is 89.0 cm³/mol. The highest BCUT2D eigenvalue weighted by atomic mass is 32.2. The number of carbonyl (C=O) groups is 1. The lowest BCUT2D eigenvalue weighted by Crippen LogP contribution is -2.51. The van der Waals surface area contributed by atoms with Crippen molar-refractivity contribution in [3.63, 3.8) is 0 Å². The first-order valence-corrected chi connectivity index (χ1v) is 9.39. The Morgan fingerprint density at radius 1 is 1.20 bits per heavy atom. The number of aliphatic hydroxyl groups is 1. The first-order chi connectivity index (χ1) is 11.7. The van der Waals surface area contributed by atoms with E-state index in [9.17, 15) is 23.4 Å². The van der Waals surface area contributed by atoms with E-state index in [1.807, 2.05) is 4.90 Å². The molecule has 1 aliphatic rings. The number of carbonyl (C=O) groups excluding carboxylic acids is 1. The van der Waals surface area contributed by atoms with Crippen LogP contribution in [0, 0.1) is 0 Å². The average Bonchev–Trinajstić information content (AvgIpc) is 2.52. The van der Waals surface area contributed by atoms with Crippen molar-refractivity contribution in [2.75, 3.05) is 45.1 Å². The van der Waals surface area contributed by atoms with Gasteiger partial charge in [0.25, 0.3) is 16.0 Å². The molecule has 1 heterocycles. The Labute approximate surface area is 146 Å². The summed E-state index contributed by atoms with van der Waals surface area (Å²) in [6.07, 6.45) is -1.18. The molecule has 1 unspecified atom stereocenters. The van der Waals surface area contributed by atoms with Gasteiger partial charge in [0.15, 0.2) is 18.1 Å². The third kappa shape index (κ3) is 6.50. The van der Waals surface area contributed by atoms with Gasteiger partial charge in [0.05, 0.1) is 6.10 Å². The molecule has 1 amide bonds. The molecule has 9 nitrogen and oxygen atoms in total. The van der Waals surface area contributed by atoms with Crippen LogP contribution in [-0.4, -0.2) is 90.1 Å². The van der Waals surface area contributed by atoms with Gasteiger partial charge in [-0.1, -0.05) is 12.1 Å². The molecule has 0 bridgehead atoms. The van der Waals surface area contributed by atoms with E-state index in [1.165, 1.54) is 6.07 Å². The number of ether oxygens (including phenoxy) is 1. The fourth-order valence-electron chi connectivity index (χ4n) is 2.58. The summed E-state index contributed by atoms with van der Waals surface area (Å²) in [7, 11) is -4.21. The maximum atomic E-state index is 12.1. The van der Waals surface area contributed by atoms with E-state index in [-0.39, 0.29) is 30.6 Å². The van der Waals surface area contributed by atoms with Gasteiger partial charge < -0.3 is 19.8 Å². The SMILES string of the molecule is O=C(COc1ccccc1O)N1CCN(CC(O)CS(=O)(=O)O)CC1. The van der Waals surface area contributed by atoms with Crippen molar-refractivity contribution >= 4 is 16.0 Å². The second-order valence-electron chi connectivity index (χ2n) is 5.84. The number of aliphatic hydroxyl groups excluding tert-OH is 1. The summed E-state index contributed by atoms with van der Waals surface area (Å²) in [5.41, 5.74) is 0. The van der Waals surface area contributed by atoms with Crippen LogP contribution in [0.1, 0.15) is 0 Å². The molecule has 25 heavy (non-hydrogen) atoms. The quantitative estimate of drug-likeness (QED) is 0.528. The van der Waals surface area contributed by atoms with E-state index < -0.39 is 22.0 Å². The molecule has 3 N–H and O–H groups in total. The van der Waals surface area contributed by atoms with E-state index in [2.05, 4.69) is 0 Å². The second-order valence-corrected chi connectivity index (χ2v) is 7.34. The standard InChI is InChI=1S/C15H22N2O7S/c18-12(11-25(21,22)23)9-16-5-7-17(8-6-16)15(20)10-24-14-4-2-1-3-13(14)19/h1-4,12,18-19H,5-11H2,(H,21,22,23). The van der Waals surface area contributed by atoms with Crippen molar-refractivity contribution in [2.45, 2.75) is 6.10 Å². The number of phenols is 1. The van der Waals surface area contributed by atoms with E-state index in [0.29, 0.717) is 26.2 Å². The van der Waals surface area contributed by atoms with Gasteiger partial charge in [0, 0.05) is 32.7 Å². The highest BCUT2D eigenvalue weighted by molar-refractivity contribution is 7.85. The normalized spacial score (nSPS) is 17.3. The van der Waals surface area contributed by atoms with Crippen molar-refractivity contribution in [3.05, 3.63) is 24.3 Å². The Morgan fingerprint density at radius 3 is 2.44 bits per heavy atom. The van der Waals surface area contributed by atoms with Crippen molar-refractivity contribution in [3.8, 4) is 11.5 Å². The Kier molecular flexibility index (Phi) is 6.59. The van der Waals surface area contributed by atoms with Crippen LogP contribution in [-0.2, 0) is 14.9 Å². The molecule has 0 spiro atoms. The summed E-state index contributed by atoms with van der Waals surface area (Å²) in [5.74, 6) is -0.724. The molecular formula is C15H22N2O7S. The van der Waals surface area contributed by atoms with Crippen molar-refractivity contribution in [1.82, 2.24) is 9.80 Å². The number of phenolic OH excluding ortho intramolecular Hbond substituents is 1. The number of nitrogens with zero attached hydrogens (tertiary/aromatic N) is 2. The van der Waals surface area contributed by atoms with Crippen LogP contribution in [0.4, 0.5) is 0 Å². The summed E-state index contributed by atoms with van der Waals surface area (Å²) in [6.45, 7) is 1.71. The lowest BCUT2D eigenvalue weighted by atomic mass is 10.2. The van der Waals surface area contributed by atoms with Gasteiger partial charge in [-0.05, 0) is 12.1 Å². The molecular weight excluding hydrogens is 352 g/mol. The van der Waals surface area contributed by atoms with Crippen LogP contribution in [0.2, 0.25) is 0 Å². The van der Waals surface area contributed by atoms with Crippen LogP contribution < -0.4 is 4.74 Å². The van der Waals surface area contributed by atoms with Crippen LogP contribution in [0.15, 0.2) is 24.3 Å². The Hall–Kier alpha value is -1.88. The number of rotatable bonds is 7. The van der Waals surface area contributed by atoms with Gasteiger partial charge in [-0.3, -0.25) is 14.2 Å². The number of hydrogen-bond acceptors (Lipinski definition) is 7. The predicted octanol–water partition coefficient (Wildman–Crippen LogP) is -0.836. The lowest BCUT2D eigenvalue weighted by molar-refractivity contribution is -0.135. The second kappa shape index (κ2) is 8.48. The molecule has 0 radical (unpaired) electrons. The van der Waals surface area contributed by atoms with Gasteiger partial charge in [-0.25, -0.2) is 0 Å². The fraction of sp³-hybridized carbons (Fsp3) is 0.533. The summed E-state index contributed by atoms with van der Waals surface area (Å²) in [6, 6.07) is 6.38. The lowest BCUT2D eigenvalue weighted by Gasteiger charge is -2.35. The zero-order chi connectivity index (χ0) is 18.4. The minimum Gasteiger partial charge on any atom is -0.504 e. The molecule has 1 aliphatic heterocycles. The van der Waals surface area contributed by atoms with Gasteiger partial charge in [0.2, 0.25) is 0 Å². The average molecular weight is 374 g/mol. The molecule has 10 heteroatoms. The smallest absolute Gasteiger partial charge is 0.267 e. The Balaban J connectivity index is 1.74. The highest BCUT2D eigenvalue weighted by Crippen LogP contribution is 2.24. The Bertz CT molecular complexity index is 687. The minimum atomic E-state index is -4.21. The molecule has 1 atom stereocenters. The highest BCUT2D eigenvalue weighted by Gasteiger charge is 2.24. The summed E-state index contributed by atoms with van der Waals surface area (Å²) in [4.78, 5) is 15.6. The van der Waals surface area contributed by atoms with Crippen molar-refractivity contribution < 1.29 is 32.7 Å². The molecule has 1 saturated heterocycles. The number of piperazine rings is 1. The summed E-state index contributed by atoms with van der Waals surface area (Å²) < 4.78 is 35.5. The number of aromatic hydroxyl groups is 1. The molecule has 0 aliphatic carbocycles. The van der Waals surface area contributed by atoms with E-state index in [4.69, 9.17) is 9.29 Å². The first-order valence-electron chi connectivity index (χ1n) is 7.79. The number of amides is 1. The van der Waals surface area contributed by atoms with E-state index >= 15 is 0 Å².